The van der Waals surface area contributed by atoms with Crippen LogP contribution < -0.4 is 22.1 Å². The van der Waals surface area contributed by atoms with Crippen molar-refractivity contribution >= 4 is 29.1 Å². The molecule has 1 aromatic carbocycles. The molecule has 168 valence electrons. The molecule has 3 aromatic heterocycles. The van der Waals surface area contributed by atoms with Crippen molar-refractivity contribution in [1.29, 1.82) is 0 Å². The molecule has 12 nitrogen and oxygen atoms in total. The van der Waals surface area contributed by atoms with E-state index in [0.29, 0.717) is 12.1 Å². The number of hydrogen-bond acceptors (Lipinski definition) is 8. The summed E-state index contributed by atoms with van der Waals surface area (Å²) in [6.07, 6.45) is 8.73. The molecule has 0 radical (unpaired) electrons. The van der Waals surface area contributed by atoms with E-state index < -0.39 is 17.9 Å². The Balaban J connectivity index is 1.75. The average molecular weight is 446 g/mol. The first-order chi connectivity index (χ1) is 15.9. The average Bonchev–Trinajstić information content (AvgIpc) is 3.51. The Morgan fingerprint density at radius 2 is 1.67 bits per heavy atom. The third-order valence-corrected chi connectivity index (χ3v) is 4.78. The zero-order chi connectivity index (χ0) is 23.4. The SMILES string of the molecule is CC[C@H](Nc1cnc(C(N)=O)c(Nc2cc(-n3cccn3)cc(-n3cccn3)c2)n1)C(N)=O. The number of aromatic nitrogens is 6. The van der Waals surface area contributed by atoms with Gasteiger partial charge >= 0.3 is 0 Å². The van der Waals surface area contributed by atoms with Gasteiger partial charge in [-0.05, 0) is 36.8 Å². The molecule has 0 bridgehead atoms. The zero-order valence-corrected chi connectivity index (χ0v) is 17.7. The lowest BCUT2D eigenvalue weighted by Crippen LogP contribution is -2.35. The number of nitrogens with two attached hydrogens (primary N) is 2. The van der Waals surface area contributed by atoms with Gasteiger partial charge in [0, 0.05) is 30.5 Å². The van der Waals surface area contributed by atoms with Gasteiger partial charge in [0.2, 0.25) is 5.91 Å². The summed E-state index contributed by atoms with van der Waals surface area (Å²) < 4.78 is 3.38. The molecule has 0 fully saturated rings. The predicted molar refractivity (Wildman–Crippen MR) is 121 cm³/mol. The van der Waals surface area contributed by atoms with Gasteiger partial charge < -0.3 is 22.1 Å². The monoisotopic (exact) mass is 446 g/mol. The van der Waals surface area contributed by atoms with Crippen LogP contribution in [0.25, 0.3) is 11.4 Å². The molecule has 2 amide bonds. The first-order valence-corrected chi connectivity index (χ1v) is 10.1. The van der Waals surface area contributed by atoms with Crippen LogP contribution in [-0.4, -0.2) is 47.4 Å². The lowest BCUT2D eigenvalue weighted by atomic mass is 10.2. The molecule has 12 heteroatoms. The number of rotatable bonds is 9. The molecule has 0 aliphatic heterocycles. The van der Waals surface area contributed by atoms with E-state index in [0.717, 1.165) is 11.4 Å². The highest BCUT2D eigenvalue weighted by Gasteiger charge is 2.18. The summed E-state index contributed by atoms with van der Waals surface area (Å²) >= 11 is 0. The molecular weight excluding hydrogens is 424 g/mol. The number of carbonyl (C=O) groups is 2. The van der Waals surface area contributed by atoms with E-state index in [1.165, 1.54) is 6.20 Å². The highest BCUT2D eigenvalue weighted by Crippen LogP contribution is 2.25. The molecule has 0 saturated heterocycles. The maximum atomic E-state index is 12.0. The van der Waals surface area contributed by atoms with Crippen LogP contribution in [0.3, 0.4) is 0 Å². The Kier molecular flexibility index (Phi) is 5.98. The molecule has 1 atom stereocenters. The Morgan fingerprint density at radius 1 is 1.03 bits per heavy atom. The van der Waals surface area contributed by atoms with Crippen molar-refractivity contribution in [2.75, 3.05) is 10.6 Å². The first-order valence-electron chi connectivity index (χ1n) is 10.1. The number of primary amides is 2. The minimum Gasteiger partial charge on any atom is -0.368 e. The summed E-state index contributed by atoms with van der Waals surface area (Å²) in [5, 5.41) is 14.6. The van der Waals surface area contributed by atoms with Gasteiger partial charge in [0.05, 0.1) is 17.6 Å². The molecule has 0 spiro atoms. The molecule has 33 heavy (non-hydrogen) atoms. The number of nitrogens with one attached hydrogen (secondary N) is 2. The second-order valence-electron chi connectivity index (χ2n) is 7.09. The van der Waals surface area contributed by atoms with Crippen LogP contribution in [0.2, 0.25) is 0 Å². The van der Waals surface area contributed by atoms with E-state index in [9.17, 15) is 9.59 Å². The fourth-order valence-electron chi connectivity index (χ4n) is 3.19. The molecular formula is C21H22N10O2. The molecule has 6 N–H and O–H groups in total. The van der Waals surface area contributed by atoms with E-state index in [1.807, 2.05) is 37.3 Å². The van der Waals surface area contributed by atoms with Crippen molar-refractivity contribution < 1.29 is 9.59 Å². The smallest absolute Gasteiger partial charge is 0.271 e. The number of anilines is 3. The van der Waals surface area contributed by atoms with Crippen molar-refractivity contribution in [3.63, 3.8) is 0 Å². The minimum atomic E-state index is -0.756. The third kappa shape index (κ3) is 4.79. The predicted octanol–water partition coefficient (Wildman–Crippen LogP) is 1.37. The molecule has 0 unspecified atom stereocenters. The maximum Gasteiger partial charge on any atom is 0.271 e. The van der Waals surface area contributed by atoms with Crippen LogP contribution in [0.4, 0.5) is 17.3 Å². The first kappa shape index (κ1) is 21.5. The van der Waals surface area contributed by atoms with Gasteiger partial charge in [-0.3, -0.25) is 9.59 Å². The topological polar surface area (TPSA) is 172 Å². The van der Waals surface area contributed by atoms with E-state index in [4.69, 9.17) is 11.5 Å². The summed E-state index contributed by atoms with van der Waals surface area (Å²) in [6, 6.07) is 8.53. The number of hydrogen-bond donors (Lipinski definition) is 4. The Labute approximate surface area is 188 Å². The van der Waals surface area contributed by atoms with Crippen LogP contribution in [0, 0.1) is 0 Å². The molecule has 0 saturated carbocycles. The Hall–Kier alpha value is -4.74. The van der Waals surface area contributed by atoms with Crippen LogP contribution >= 0.6 is 0 Å². The minimum absolute atomic E-state index is 0.0576. The van der Waals surface area contributed by atoms with E-state index in [2.05, 4.69) is 30.8 Å². The van der Waals surface area contributed by atoms with Gasteiger partial charge in [0.1, 0.15) is 11.9 Å². The van der Waals surface area contributed by atoms with Crippen LogP contribution in [0.5, 0.6) is 0 Å². The van der Waals surface area contributed by atoms with Gasteiger partial charge in [0.15, 0.2) is 11.5 Å². The Bertz CT molecular complexity index is 1220. The number of carbonyl (C=O) groups excluding carboxylic acids is 2. The summed E-state index contributed by atoms with van der Waals surface area (Å²) in [5.74, 6) is -0.892. The van der Waals surface area contributed by atoms with Crippen LogP contribution in [-0.2, 0) is 4.79 Å². The van der Waals surface area contributed by atoms with Crippen LogP contribution in [0.1, 0.15) is 23.8 Å². The van der Waals surface area contributed by atoms with Crippen molar-refractivity contribution in [1.82, 2.24) is 29.5 Å². The summed E-state index contributed by atoms with van der Waals surface area (Å²) in [6.45, 7) is 1.81. The van der Waals surface area contributed by atoms with E-state index >= 15 is 0 Å². The molecule has 4 aromatic rings. The maximum absolute atomic E-state index is 12.0. The molecule has 0 aliphatic carbocycles. The van der Waals surface area contributed by atoms with Gasteiger partial charge in [0.25, 0.3) is 5.91 Å². The second-order valence-corrected chi connectivity index (χ2v) is 7.09. The van der Waals surface area contributed by atoms with Crippen molar-refractivity contribution in [2.45, 2.75) is 19.4 Å². The second kappa shape index (κ2) is 9.18. The molecule has 3 heterocycles. The summed E-state index contributed by atoms with van der Waals surface area (Å²) in [7, 11) is 0. The summed E-state index contributed by atoms with van der Waals surface area (Å²) in [5.41, 5.74) is 12.9. The van der Waals surface area contributed by atoms with Gasteiger partial charge in [-0.2, -0.15) is 10.2 Å². The van der Waals surface area contributed by atoms with Crippen molar-refractivity contribution in [3.8, 4) is 11.4 Å². The quantitative estimate of drug-likeness (QED) is 0.298. The highest BCUT2D eigenvalue weighted by atomic mass is 16.1. The number of nitrogens with zero attached hydrogens (tertiary/aromatic N) is 6. The largest absolute Gasteiger partial charge is 0.368 e. The zero-order valence-electron chi connectivity index (χ0n) is 17.7. The summed E-state index contributed by atoms with van der Waals surface area (Å²) in [4.78, 5) is 32.1. The standard InChI is InChI=1S/C21H22N10O2/c1-2-16(19(22)32)28-17-12-24-18(20(23)33)21(29-17)27-13-9-14(30-7-3-5-25-30)11-15(10-13)31-8-4-6-26-31/h3-12,16H,2H2,1H3,(H2,22,32)(H2,23,33)(H2,27,28,29)/t16-/m0/s1. The molecule has 4 rings (SSSR count). The molecule has 0 aliphatic rings. The van der Waals surface area contributed by atoms with Crippen LogP contribution in [0.15, 0.2) is 61.3 Å². The lowest BCUT2D eigenvalue weighted by Gasteiger charge is -2.16. The number of benzene rings is 1. The fourth-order valence-corrected chi connectivity index (χ4v) is 3.19. The highest BCUT2D eigenvalue weighted by molar-refractivity contribution is 5.96. The van der Waals surface area contributed by atoms with Crippen molar-refractivity contribution in [3.05, 3.63) is 67.0 Å². The van der Waals surface area contributed by atoms with E-state index in [-0.39, 0.29) is 17.3 Å². The van der Waals surface area contributed by atoms with Gasteiger partial charge in [-0.1, -0.05) is 6.92 Å². The lowest BCUT2D eigenvalue weighted by molar-refractivity contribution is -0.118. The fraction of sp³-hybridized carbons (Fsp3) is 0.143. The van der Waals surface area contributed by atoms with Gasteiger partial charge in [-0.15, -0.1) is 0 Å². The normalized spacial score (nSPS) is 11.7. The van der Waals surface area contributed by atoms with Crippen molar-refractivity contribution in [2.24, 2.45) is 11.5 Å². The number of amides is 2. The Morgan fingerprint density at radius 3 is 2.15 bits per heavy atom. The van der Waals surface area contributed by atoms with Gasteiger partial charge in [-0.25, -0.2) is 19.3 Å². The third-order valence-electron chi connectivity index (χ3n) is 4.78. The van der Waals surface area contributed by atoms with E-state index in [1.54, 1.807) is 34.2 Å².